The number of nitrogens with two attached hydrogens (primary N) is 1. The van der Waals surface area contributed by atoms with Gasteiger partial charge < -0.3 is 11.1 Å². The number of hydrogen-bond acceptors (Lipinski definition) is 3. The molecule has 0 aliphatic carbocycles. The molecule has 108 valence electrons. The second-order valence-electron chi connectivity index (χ2n) is 5.48. The van der Waals surface area contributed by atoms with Crippen LogP contribution in [0, 0.1) is 0 Å². The van der Waals surface area contributed by atoms with Crippen LogP contribution < -0.4 is 11.1 Å². The lowest BCUT2D eigenvalue weighted by atomic mass is 9.94. The summed E-state index contributed by atoms with van der Waals surface area (Å²) in [5, 5.41) is 7.13. The van der Waals surface area contributed by atoms with Crippen LogP contribution in [0.1, 0.15) is 62.6 Å². The van der Waals surface area contributed by atoms with Gasteiger partial charge in [0.2, 0.25) is 0 Å². The maximum absolute atomic E-state index is 12.1. The Hall–Kier alpha value is -1.36. The van der Waals surface area contributed by atoms with Gasteiger partial charge in [0.25, 0.3) is 5.91 Å². The van der Waals surface area contributed by atoms with E-state index < -0.39 is 0 Å². The summed E-state index contributed by atoms with van der Waals surface area (Å²) >= 11 is 0. The highest BCUT2D eigenvalue weighted by atomic mass is 16.1. The molecular weight excluding hydrogens is 240 g/mol. The average Bonchev–Trinajstić information content (AvgIpc) is 2.78. The summed E-state index contributed by atoms with van der Waals surface area (Å²) in [4.78, 5) is 12.1. The van der Waals surface area contributed by atoms with E-state index in [2.05, 4.69) is 24.3 Å². The molecule has 1 rings (SSSR count). The molecule has 19 heavy (non-hydrogen) atoms. The first kappa shape index (κ1) is 15.7. The van der Waals surface area contributed by atoms with E-state index in [1.165, 1.54) is 0 Å². The van der Waals surface area contributed by atoms with Gasteiger partial charge in [0.15, 0.2) is 0 Å². The molecule has 3 N–H and O–H groups in total. The van der Waals surface area contributed by atoms with Crippen LogP contribution in [0.3, 0.4) is 0 Å². The zero-order chi connectivity index (χ0) is 14.6. The highest BCUT2D eigenvalue weighted by Gasteiger charge is 2.22. The molecule has 5 nitrogen and oxygen atoms in total. The average molecular weight is 266 g/mol. The zero-order valence-electron chi connectivity index (χ0n) is 12.7. The van der Waals surface area contributed by atoms with Crippen LogP contribution in [-0.4, -0.2) is 27.8 Å². The summed E-state index contributed by atoms with van der Waals surface area (Å²) in [6.45, 7) is 8.71. The van der Waals surface area contributed by atoms with Gasteiger partial charge in [0, 0.05) is 24.8 Å². The number of rotatable bonds is 6. The molecule has 1 amide bonds. The first-order valence-electron chi connectivity index (χ1n) is 6.94. The van der Waals surface area contributed by atoms with Crippen LogP contribution in [0.5, 0.6) is 0 Å². The van der Waals surface area contributed by atoms with E-state index >= 15 is 0 Å². The van der Waals surface area contributed by atoms with Crippen molar-refractivity contribution in [2.75, 3.05) is 6.54 Å². The van der Waals surface area contributed by atoms with Crippen molar-refractivity contribution < 1.29 is 4.79 Å². The Morgan fingerprint density at radius 2 is 2.05 bits per heavy atom. The molecule has 0 saturated carbocycles. The molecule has 0 spiro atoms. The zero-order valence-corrected chi connectivity index (χ0v) is 12.7. The maximum Gasteiger partial charge on any atom is 0.271 e. The van der Waals surface area contributed by atoms with Crippen LogP contribution in [0.4, 0.5) is 0 Å². The molecule has 1 heterocycles. The van der Waals surface area contributed by atoms with Crippen molar-refractivity contribution >= 4 is 5.91 Å². The third-order valence-electron chi connectivity index (χ3n) is 3.75. The first-order chi connectivity index (χ1) is 8.83. The highest BCUT2D eigenvalue weighted by Crippen LogP contribution is 2.15. The molecule has 0 radical (unpaired) electrons. The molecule has 1 aromatic heterocycles. The molecule has 0 fully saturated rings. The second kappa shape index (κ2) is 6.19. The molecule has 0 aromatic carbocycles. The molecule has 1 aromatic rings. The molecule has 0 unspecified atom stereocenters. The van der Waals surface area contributed by atoms with Crippen molar-refractivity contribution in [3.8, 4) is 0 Å². The Kier molecular flexibility index (Phi) is 5.11. The molecule has 0 saturated heterocycles. The summed E-state index contributed by atoms with van der Waals surface area (Å²) in [7, 11) is 1.86. The minimum absolute atomic E-state index is 0.153. The van der Waals surface area contributed by atoms with E-state index in [9.17, 15) is 4.79 Å². The van der Waals surface area contributed by atoms with Crippen LogP contribution in [0.25, 0.3) is 0 Å². The molecule has 0 aliphatic rings. The van der Waals surface area contributed by atoms with E-state index in [0.717, 1.165) is 18.5 Å². The summed E-state index contributed by atoms with van der Waals surface area (Å²) in [5.41, 5.74) is 7.35. The Labute approximate surface area is 115 Å². The predicted octanol–water partition coefficient (Wildman–Crippen LogP) is 1.79. The lowest BCUT2D eigenvalue weighted by molar-refractivity contribution is 0.0936. The Morgan fingerprint density at radius 3 is 2.47 bits per heavy atom. The van der Waals surface area contributed by atoms with Gasteiger partial charge in [-0.05, 0) is 24.8 Å². The van der Waals surface area contributed by atoms with Gasteiger partial charge in [-0.2, -0.15) is 5.10 Å². The third-order valence-corrected chi connectivity index (χ3v) is 3.75. The lowest BCUT2D eigenvalue weighted by Gasteiger charge is -2.26. The van der Waals surface area contributed by atoms with Crippen molar-refractivity contribution in [2.45, 2.75) is 52.0 Å². The molecular formula is C14H26N4O. The van der Waals surface area contributed by atoms with Crippen LogP contribution in [0.15, 0.2) is 6.07 Å². The van der Waals surface area contributed by atoms with Crippen molar-refractivity contribution in [2.24, 2.45) is 12.8 Å². The standard InChI is InChI=1S/C14H26N4O/c1-6-14(15,7-2)9-16-13(19)11-8-12(10(3)4)18(5)17-11/h8,10H,6-7,9,15H2,1-5H3,(H,16,19). The molecule has 0 bridgehead atoms. The van der Waals surface area contributed by atoms with E-state index in [1.54, 1.807) is 4.68 Å². The van der Waals surface area contributed by atoms with Gasteiger partial charge >= 0.3 is 0 Å². The fraction of sp³-hybridized carbons (Fsp3) is 0.714. The summed E-state index contributed by atoms with van der Waals surface area (Å²) in [5.74, 6) is 0.193. The SMILES string of the molecule is CCC(N)(CC)CNC(=O)c1cc(C(C)C)n(C)n1. The van der Waals surface area contributed by atoms with E-state index in [-0.39, 0.29) is 11.4 Å². The number of carbonyl (C=O) groups is 1. The van der Waals surface area contributed by atoms with Crippen LogP contribution in [0.2, 0.25) is 0 Å². The van der Waals surface area contributed by atoms with Gasteiger partial charge in [0.05, 0.1) is 0 Å². The largest absolute Gasteiger partial charge is 0.349 e. The predicted molar refractivity (Wildman–Crippen MR) is 77.1 cm³/mol. The fourth-order valence-electron chi connectivity index (χ4n) is 1.98. The first-order valence-corrected chi connectivity index (χ1v) is 6.94. The number of aromatic nitrogens is 2. The highest BCUT2D eigenvalue weighted by molar-refractivity contribution is 5.92. The van der Waals surface area contributed by atoms with Crippen molar-refractivity contribution in [1.82, 2.24) is 15.1 Å². The van der Waals surface area contributed by atoms with Crippen molar-refractivity contribution in [1.29, 1.82) is 0 Å². The van der Waals surface area contributed by atoms with E-state index in [0.29, 0.717) is 18.2 Å². The smallest absolute Gasteiger partial charge is 0.271 e. The topological polar surface area (TPSA) is 72.9 Å². The lowest BCUT2D eigenvalue weighted by Crippen LogP contribution is -2.49. The molecule has 0 aliphatic heterocycles. The van der Waals surface area contributed by atoms with E-state index in [4.69, 9.17) is 5.73 Å². The Bertz CT molecular complexity index is 433. The Balaban J connectivity index is 2.71. The van der Waals surface area contributed by atoms with Gasteiger partial charge in [-0.1, -0.05) is 27.7 Å². The quantitative estimate of drug-likeness (QED) is 0.824. The second-order valence-corrected chi connectivity index (χ2v) is 5.48. The van der Waals surface area contributed by atoms with Crippen LogP contribution >= 0.6 is 0 Å². The number of nitrogens with zero attached hydrogens (tertiary/aromatic N) is 2. The summed E-state index contributed by atoms with van der Waals surface area (Å²) in [6, 6.07) is 1.84. The summed E-state index contributed by atoms with van der Waals surface area (Å²) < 4.78 is 1.76. The van der Waals surface area contributed by atoms with Gasteiger partial charge in [-0.3, -0.25) is 9.48 Å². The number of aryl methyl sites for hydroxylation is 1. The third kappa shape index (κ3) is 3.80. The van der Waals surface area contributed by atoms with Crippen LogP contribution in [-0.2, 0) is 7.05 Å². The molecule has 5 heteroatoms. The number of amides is 1. The normalized spacial score (nSPS) is 11.9. The van der Waals surface area contributed by atoms with Gasteiger partial charge in [0.1, 0.15) is 5.69 Å². The summed E-state index contributed by atoms with van der Waals surface area (Å²) in [6.07, 6.45) is 1.67. The number of carbonyl (C=O) groups excluding carboxylic acids is 1. The number of nitrogens with one attached hydrogen (secondary N) is 1. The maximum atomic E-state index is 12.1. The molecule has 0 atom stereocenters. The Morgan fingerprint density at radius 1 is 1.47 bits per heavy atom. The minimum Gasteiger partial charge on any atom is -0.349 e. The minimum atomic E-state index is -0.328. The van der Waals surface area contributed by atoms with Crippen molar-refractivity contribution in [3.63, 3.8) is 0 Å². The van der Waals surface area contributed by atoms with Gasteiger partial charge in [-0.25, -0.2) is 0 Å². The van der Waals surface area contributed by atoms with Gasteiger partial charge in [-0.15, -0.1) is 0 Å². The number of hydrogen-bond donors (Lipinski definition) is 2. The van der Waals surface area contributed by atoms with Crippen molar-refractivity contribution in [3.05, 3.63) is 17.5 Å². The van der Waals surface area contributed by atoms with E-state index in [1.807, 2.05) is 27.0 Å². The monoisotopic (exact) mass is 266 g/mol. The fourth-order valence-corrected chi connectivity index (χ4v) is 1.98.